The Labute approximate surface area is 86.1 Å². The van der Waals surface area contributed by atoms with Crippen molar-refractivity contribution >= 4 is 21.5 Å². The molecule has 0 spiro atoms. The highest BCUT2D eigenvalue weighted by atomic mass is 35.5. The van der Waals surface area contributed by atoms with Crippen molar-refractivity contribution in [3.8, 4) is 0 Å². The fourth-order valence-corrected chi connectivity index (χ4v) is 2.16. The van der Waals surface area contributed by atoms with Crippen LogP contribution in [0.2, 0.25) is 0 Å². The summed E-state index contributed by atoms with van der Waals surface area (Å²) in [6.45, 7) is 8.84. The van der Waals surface area contributed by atoms with Crippen molar-refractivity contribution in [3.63, 3.8) is 0 Å². The van der Waals surface area contributed by atoms with Gasteiger partial charge in [-0.2, -0.15) is 9.90 Å². The molecular formula is C10H24ClP. The lowest BCUT2D eigenvalue weighted by atomic mass is 9.83. The Balaban J connectivity index is 0. The zero-order valence-electron chi connectivity index (χ0n) is 8.99. The molecule has 0 amide bonds. The molecule has 1 unspecified atom stereocenters. The molecule has 0 radical (unpaired) electrons. The molecule has 76 valence electrons. The molecule has 0 aliphatic heterocycles. The molecule has 0 aromatic rings. The second kappa shape index (κ2) is 7.15. The normalized spacial score (nSPS) is 11.5. The summed E-state index contributed by atoms with van der Waals surface area (Å²) in [5, 5.41) is 0. The maximum absolute atomic E-state index is 6.47. The van der Waals surface area contributed by atoms with Crippen LogP contribution in [-0.2, 0) is 0 Å². The Hall–Kier alpha value is 0.720. The first-order valence-electron chi connectivity index (χ1n) is 4.83. The monoisotopic (exact) mass is 210 g/mol. The summed E-state index contributed by atoms with van der Waals surface area (Å²) in [4.78, 5) is 0.0729. The molecule has 0 aromatic carbocycles. The van der Waals surface area contributed by atoms with Gasteiger partial charge in [-0.25, -0.2) is 0 Å². The molecule has 0 saturated heterocycles. The molecule has 0 aliphatic rings. The Bertz CT molecular complexity index is 96.0. The highest BCUT2D eigenvalue weighted by Gasteiger charge is 2.30. The summed E-state index contributed by atoms with van der Waals surface area (Å²) in [6.07, 6.45) is 4.61. The van der Waals surface area contributed by atoms with Crippen molar-refractivity contribution in [1.29, 1.82) is 0 Å². The van der Waals surface area contributed by atoms with Gasteiger partial charge in [0.25, 0.3) is 0 Å². The maximum atomic E-state index is 6.47. The van der Waals surface area contributed by atoms with Gasteiger partial charge in [-0.15, -0.1) is 11.6 Å². The topological polar surface area (TPSA) is 0 Å². The second-order valence-corrected chi connectivity index (χ2v) is 4.01. The Morgan fingerprint density at radius 3 is 1.42 bits per heavy atom. The molecule has 0 rings (SSSR count). The third-order valence-corrected chi connectivity index (χ3v) is 3.74. The second-order valence-electron chi connectivity index (χ2n) is 3.26. The lowest BCUT2D eigenvalue weighted by molar-refractivity contribution is 0.327. The van der Waals surface area contributed by atoms with E-state index in [1.165, 1.54) is 12.8 Å². The van der Waals surface area contributed by atoms with Gasteiger partial charge >= 0.3 is 0 Å². The quantitative estimate of drug-likeness (QED) is 0.470. The van der Waals surface area contributed by atoms with E-state index in [-0.39, 0.29) is 14.8 Å². The average Bonchev–Trinajstić information content (AvgIpc) is 2.06. The average molecular weight is 211 g/mol. The molecule has 0 saturated carbocycles. The lowest BCUT2D eigenvalue weighted by Gasteiger charge is -2.32. The van der Waals surface area contributed by atoms with Crippen molar-refractivity contribution in [1.82, 2.24) is 0 Å². The summed E-state index contributed by atoms with van der Waals surface area (Å²) < 4.78 is 0. The van der Waals surface area contributed by atoms with E-state index in [1.54, 1.807) is 0 Å². The van der Waals surface area contributed by atoms with E-state index in [0.717, 1.165) is 12.8 Å². The van der Waals surface area contributed by atoms with Crippen LogP contribution in [0.4, 0.5) is 0 Å². The van der Waals surface area contributed by atoms with Crippen LogP contribution in [0, 0.1) is 5.92 Å². The van der Waals surface area contributed by atoms with Gasteiger partial charge in [0.2, 0.25) is 0 Å². The molecule has 12 heavy (non-hydrogen) atoms. The highest BCUT2D eigenvalue weighted by molar-refractivity contribution is 6.92. The minimum atomic E-state index is 0. The zero-order chi connectivity index (χ0) is 8.91. The number of rotatable bonds is 5. The summed E-state index contributed by atoms with van der Waals surface area (Å²) in [5.74, 6) is 0.694. The molecule has 0 fully saturated rings. The number of alkyl halides is 1. The van der Waals surface area contributed by atoms with Crippen LogP contribution in [0.1, 0.15) is 53.4 Å². The first kappa shape index (κ1) is 15.2. The van der Waals surface area contributed by atoms with Gasteiger partial charge in [0.05, 0.1) is 0 Å². The van der Waals surface area contributed by atoms with Gasteiger partial charge < -0.3 is 0 Å². The highest BCUT2D eigenvalue weighted by Crippen LogP contribution is 2.36. The molecule has 0 aromatic heterocycles. The van der Waals surface area contributed by atoms with Crippen LogP contribution in [0.5, 0.6) is 0 Å². The fraction of sp³-hybridized carbons (Fsp3) is 1.00. The molecular weight excluding hydrogens is 187 g/mol. The van der Waals surface area contributed by atoms with E-state index in [2.05, 4.69) is 27.7 Å². The predicted molar refractivity (Wildman–Crippen MR) is 64.3 cm³/mol. The van der Waals surface area contributed by atoms with E-state index < -0.39 is 0 Å². The fourth-order valence-electron chi connectivity index (χ4n) is 1.85. The molecule has 0 nitrogen and oxygen atoms in total. The van der Waals surface area contributed by atoms with Crippen LogP contribution < -0.4 is 0 Å². The lowest BCUT2D eigenvalue weighted by Crippen LogP contribution is -2.29. The first-order chi connectivity index (χ1) is 5.14. The van der Waals surface area contributed by atoms with Crippen molar-refractivity contribution in [2.45, 2.75) is 58.3 Å². The summed E-state index contributed by atoms with van der Waals surface area (Å²) >= 11 is 6.47. The van der Waals surface area contributed by atoms with Gasteiger partial charge in [0.1, 0.15) is 0 Å². The zero-order valence-corrected chi connectivity index (χ0v) is 11.2. The summed E-state index contributed by atoms with van der Waals surface area (Å²) in [7, 11) is 0. The van der Waals surface area contributed by atoms with E-state index in [1.807, 2.05) is 0 Å². The van der Waals surface area contributed by atoms with Crippen molar-refractivity contribution in [2.75, 3.05) is 0 Å². The van der Waals surface area contributed by atoms with Gasteiger partial charge in [-0.3, -0.25) is 0 Å². The van der Waals surface area contributed by atoms with Crippen molar-refractivity contribution in [3.05, 3.63) is 0 Å². The van der Waals surface area contributed by atoms with Gasteiger partial charge in [0.15, 0.2) is 0 Å². The van der Waals surface area contributed by atoms with E-state index in [4.69, 9.17) is 11.6 Å². The van der Waals surface area contributed by atoms with Gasteiger partial charge in [0, 0.05) is 4.87 Å². The minimum absolute atomic E-state index is 0. The largest absolute Gasteiger partial charge is 0.153 e. The molecule has 0 aliphatic carbocycles. The van der Waals surface area contributed by atoms with E-state index in [9.17, 15) is 0 Å². The van der Waals surface area contributed by atoms with Crippen LogP contribution >= 0.6 is 21.5 Å². The molecule has 0 N–H and O–H groups in total. The molecule has 0 bridgehead atoms. The third kappa shape index (κ3) is 3.62. The third-order valence-electron chi connectivity index (χ3n) is 2.89. The van der Waals surface area contributed by atoms with Crippen LogP contribution in [-0.4, -0.2) is 4.87 Å². The van der Waals surface area contributed by atoms with Crippen molar-refractivity contribution < 1.29 is 0 Å². The number of hydrogen-bond donors (Lipinski definition) is 0. The SMILES string of the molecule is CCC(CC)C(Cl)(CC)CC.P. The first-order valence-corrected chi connectivity index (χ1v) is 5.21. The predicted octanol–water partition coefficient (Wildman–Crippen LogP) is 4.28. The van der Waals surface area contributed by atoms with E-state index in [0.29, 0.717) is 5.92 Å². The minimum Gasteiger partial charge on any atom is -0.153 e. The van der Waals surface area contributed by atoms with Gasteiger partial charge in [-0.05, 0) is 18.8 Å². The summed E-state index contributed by atoms with van der Waals surface area (Å²) in [5.41, 5.74) is 0. The van der Waals surface area contributed by atoms with Crippen LogP contribution in [0.15, 0.2) is 0 Å². The molecule has 1 atom stereocenters. The van der Waals surface area contributed by atoms with Crippen molar-refractivity contribution in [2.24, 2.45) is 5.92 Å². The van der Waals surface area contributed by atoms with Crippen LogP contribution in [0.25, 0.3) is 0 Å². The van der Waals surface area contributed by atoms with Gasteiger partial charge in [-0.1, -0.05) is 40.5 Å². The Kier molecular flexibility index (Phi) is 9.07. The Morgan fingerprint density at radius 1 is 1.00 bits per heavy atom. The standard InChI is InChI=1S/C10H21Cl.H3P/c1-5-9(6-2)10(11,7-3)8-4;/h9H,5-8H2,1-4H3;1H3. The smallest absolute Gasteiger partial charge is 0.0469 e. The molecule has 0 heterocycles. The van der Waals surface area contributed by atoms with Crippen LogP contribution in [0.3, 0.4) is 0 Å². The van der Waals surface area contributed by atoms with E-state index >= 15 is 0 Å². The number of hydrogen-bond acceptors (Lipinski definition) is 0. The number of halogens is 1. The summed E-state index contributed by atoms with van der Waals surface area (Å²) in [6, 6.07) is 0. The maximum Gasteiger partial charge on any atom is 0.0469 e. The Morgan fingerprint density at radius 2 is 1.33 bits per heavy atom. The molecule has 2 heteroatoms.